The number of nitrogens with one attached hydrogen (secondary N) is 1. The SMILES string of the molecule is Cc1cc(-n2nc(C)cc2NC(=O)c2ccoc2C)nc(C)n1. The quantitative estimate of drug-likeness (QED) is 0.803. The van der Waals surface area contributed by atoms with Gasteiger partial charge in [-0.25, -0.2) is 9.97 Å². The van der Waals surface area contributed by atoms with Crippen molar-refractivity contribution in [2.75, 3.05) is 5.32 Å². The lowest BCUT2D eigenvalue weighted by atomic mass is 10.2. The molecular weight excluding hydrogens is 294 g/mol. The van der Waals surface area contributed by atoms with Gasteiger partial charge in [-0.1, -0.05) is 0 Å². The molecule has 0 atom stereocenters. The fraction of sp³-hybridized carbons (Fsp3) is 0.250. The smallest absolute Gasteiger partial charge is 0.260 e. The predicted molar refractivity (Wildman–Crippen MR) is 84.8 cm³/mol. The number of aromatic nitrogens is 4. The summed E-state index contributed by atoms with van der Waals surface area (Å²) in [5.41, 5.74) is 2.10. The Morgan fingerprint density at radius 2 is 1.91 bits per heavy atom. The molecule has 1 N–H and O–H groups in total. The first-order valence-electron chi connectivity index (χ1n) is 7.19. The van der Waals surface area contributed by atoms with Gasteiger partial charge in [-0.05, 0) is 33.8 Å². The maximum absolute atomic E-state index is 12.4. The molecule has 0 aromatic carbocycles. The molecule has 0 aliphatic rings. The van der Waals surface area contributed by atoms with Crippen LogP contribution >= 0.6 is 0 Å². The molecule has 23 heavy (non-hydrogen) atoms. The number of aryl methyl sites for hydroxylation is 4. The van der Waals surface area contributed by atoms with E-state index in [1.165, 1.54) is 6.26 Å². The highest BCUT2D eigenvalue weighted by Gasteiger charge is 2.16. The molecular formula is C16H17N5O2. The number of amides is 1. The predicted octanol–water partition coefficient (Wildman–Crippen LogP) is 2.74. The third-order valence-corrected chi connectivity index (χ3v) is 3.35. The molecule has 7 nitrogen and oxygen atoms in total. The van der Waals surface area contributed by atoms with E-state index < -0.39 is 0 Å². The molecule has 3 heterocycles. The minimum atomic E-state index is -0.250. The number of hydrogen-bond donors (Lipinski definition) is 1. The van der Waals surface area contributed by atoms with Crippen molar-refractivity contribution in [3.63, 3.8) is 0 Å². The number of hydrogen-bond acceptors (Lipinski definition) is 5. The van der Waals surface area contributed by atoms with Gasteiger partial charge in [-0.3, -0.25) is 4.79 Å². The van der Waals surface area contributed by atoms with Crippen LogP contribution in [0.15, 0.2) is 28.9 Å². The maximum Gasteiger partial charge on any atom is 0.260 e. The summed E-state index contributed by atoms with van der Waals surface area (Å²) in [5.74, 6) is 2.13. The Balaban J connectivity index is 1.98. The molecule has 1 amide bonds. The fourth-order valence-corrected chi connectivity index (χ4v) is 2.37. The molecule has 7 heteroatoms. The second kappa shape index (κ2) is 5.68. The van der Waals surface area contributed by atoms with Gasteiger partial charge >= 0.3 is 0 Å². The third-order valence-electron chi connectivity index (χ3n) is 3.35. The Kier molecular flexibility index (Phi) is 3.69. The standard InChI is InChI=1S/C16H17N5O2/c1-9-7-14(18-12(4)17-9)21-15(8-10(2)20-21)19-16(22)13-5-6-23-11(13)3/h5-8H,1-4H3,(H,19,22). The number of carbonyl (C=O) groups excluding carboxylic acids is 1. The maximum atomic E-state index is 12.4. The van der Waals surface area contributed by atoms with Crippen molar-refractivity contribution < 1.29 is 9.21 Å². The number of furan rings is 1. The molecule has 0 aliphatic heterocycles. The summed E-state index contributed by atoms with van der Waals surface area (Å²) >= 11 is 0. The lowest BCUT2D eigenvalue weighted by Gasteiger charge is -2.09. The minimum Gasteiger partial charge on any atom is -0.469 e. The summed E-state index contributed by atoms with van der Waals surface area (Å²) in [6.45, 7) is 7.31. The van der Waals surface area contributed by atoms with Gasteiger partial charge in [0.15, 0.2) is 5.82 Å². The van der Waals surface area contributed by atoms with E-state index in [0.717, 1.165) is 11.4 Å². The van der Waals surface area contributed by atoms with Gasteiger partial charge in [0.05, 0.1) is 17.5 Å². The van der Waals surface area contributed by atoms with Crippen LogP contribution in [0.1, 0.15) is 33.3 Å². The van der Waals surface area contributed by atoms with E-state index in [1.807, 2.05) is 26.8 Å². The molecule has 0 spiro atoms. The average Bonchev–Trinajstić information content (AvgIpc) is 3.03. The van der Waals surface area contributed by atoms with Gasteiger partial charge in [-0.2, -0.15) is 9.78 Å². The molecule has 0 fully saturated rings. The highest BCUT2D eigenvalue weighted by atomic mass is 16.3. The molecule has 0 radical (unpaired) electrons. The topological polar surface area (TPSA) is 85.8 Å². The van der Waals surface area contributed by atoms with Crippen LogP contribution in [0, 0.1) is 27.7 Å². The summed E-state index contributed by atoms with van der Waals surface area (Å²) < 4.78 is 6.77. The van der Waals surface area contributed by atoms with Gasteiger partial charge in [0, 0.05) is 17.8 Å². The van der Waals surface area contributed by atoms with E-state index in [0.29, 0.717) is 28.8 Å². The van der Waals surface area contributed by atoms with Crippen LogP contribution in [0.4, 0.5) is 5.82 Å². The van der Waals surface area contributed by atoms with Crippen molar-refractivity contribution in [3.05, 3.63) is 53.0 Å². The molecule has 3 rings (SSSR count). The molecule has 0 unspecified atom stereocenters. The van der Waals surface area contributed by atoms with Crippen molar-refractivity contribution in [2.24, 2.45) is 0 Å². The van der Waals surface area contributed by atoms with Crippen LogP contribution < -0.4 is 5.32 Å². The molecule has 0 bridgehead atoms. The first-order chi connectivity index (χ1) is 10.9. The molecule has 3 aromatic rings. The van der Waals surface area contributed by atoms with Crippen molar-refractivity contribution in [1.29, 1.82) is 0 Å². The van der Waals surface area contributed by atoms with E-state index in [1.54, 1.807) is 23.7 Å². The van der Waals surface area contributed by atoms with Gasteiger partial charge < -0.3 is 9.73 Å². The molecule has 0 saturated heterocycles. The summed E-state index contributed by atoms with van der Waals surface area (Å²) in [4.78, 5) is 21.0. The molecule has 0 aliphatic carbocycles. The number of nitrogens with zero attached hydrogens (tertiary/aromatic N) is 4. The zero-order chi connectivity index (χ0) is 16.6. The Morgan fingerprint density at radius 1 is 1.13 bits per heavy atom. The van der Waals surface area contributed by atoms with Gasteiger partial charge in [0.1, 0.15) is 17.4 Å². The van der Waals surface area contributed by atoms with Crippen LogP contribution in [0.2, 0.25) is 0 Å². The second-order valence-corrected chi connectivity index (χ2v) is 5.34. The number of anilines is 1. The van der Waals surface area contributed by atoms with Crippen LogP contribution in [-0.4, -0.2) is 25.7 Å². The van der Waals surface area contributed by atoms with E-state index >= 15 is 0 Å². The average molecular weight is 311 g/mol. The van der Waals surface area contributed by atoms with E-state index in [9.17, 15) is 4.79 Å². The molecule has 0 saturated carbocycles. The Bertz CT molecular complexity index is 858. The first kappa shape index (κ1) is 15.0. The molecule has 118 valence electrons. The van der Waals surface area contributed by atoms with Gasteiger partial charge in [0.25, 0.3) is 5.91 Å². The van der Waals surface area contributed by atoms with E-state index in [4.69, 9.17) is 4.42 Å². The Labute approximate surface area is 133 Å². The monoisotopic (exact) mass is 311 g/mol. The highest BCUT2D eigenvalue weighted by molar-refractivity contribution is 6.04. The highest BCUT2D eigenvalue weighted by Crippen LogP contribution is 2.18. The Morgan fingerprint density at radius 3 is 2.57 bits per heavy atom. The largest absolute Gasteiger partial charge is 0.469 e. The fourth-order valence-electron chi connectivity index (χ4n) is 2.37. The number of carbonyl (C=O) groups is 1. The third kappa shape index (κ3) is 2.98. The molecule has 3 aromatic heterocycles. The van der Waals surface area contributed by atoms with Crippen LogP contribution in [0.5, 0.6) is 0 Å². The zero-order valence-corrected chi connectivity index (χ0v) is 13.4. The summed E-state index contributed by atoms with van der Waals surface area (Å²) in [7, 11) is 0. The lowest BCUT2D eigenvalue weighted by Crippen LogP contribution is -2.16. The van der Waals surface area contributed by atoms with Crippen LogP contribution in [-0.2, 0) is 0 Å². The van der Waals surface area contributed by atoms with Crippen LogP contribution in [0.25, 0.3) is 5.82 Å². The Hall–Kier alpha value is -2.96. The van der Waals surface area contributed by atoms with Gasteiger partial charge in [0.2, 0.25) is 0 Å². The number of rotatable bonds is 3. The van der Waals surface area contributed by atoms with Crippen molar-refractivity contribution >= 4 is 11.7 Å². The summed E-state index contributed by atoms with van der Waals surface area (Å²) in [6, 6.07) is 5.25. The minimum absolute atomic E-state index is 0.250. The van der Waals surface area contributed by atoms with Gasteiger partial charge in [-0.15, -0.1) is 0 Å². The normalized spacial score (nSPS) is 10.8. The van der Waals surface area contributed by atoms with E-state index in [-0.39, 0.29) is 5.91 Å². The first-order valence-corrected chi connectivity index (χ1v) is 7.19. The summed E-state index contributed by atoms with van der Waals surface area (Å²) in [6.07, 6.45) is 1.49. The van der Waals surface area contributed by atoms with Crippen molar-refractivity contribution in [2.45, 2.75) is 27.7 Å². The lowest BCUT2D eigenvalue weighted by molar-refractivity contribution is 0.102. The second-order valence-electron chi connectivity index (χ2n) is 5.34. The van der Waals surface area contributed by atoms with Crippen molar-refractivity contribution in [3.8, 4) is 5.82 Å². The zero-order valence-electron chi connectivity index (χ0n) is 13.4. The summed E-state index contributed by atoms with van der Waals surface area (Å²) in [5, 5.41) is 7.26. The van der Waals surface area contributed by atoms with Crippen molar-refractivity contribution in [1.82, 2.24) is 19.7 Å². The van der Waals surface area contributed by atoms with Crippen LogP contribution in [0.3, 0.4) is 0 Å². The van der Waals surface area contributed by atoms with E-state index in [2.05, 4.69) is 20.4 Å².